The maximum absolute atomic E-state index is 12.6. The van der Waals surface area contributed by atoms with E-state index in [0.717, 1.165) is 32.8 Å². The number of fused-ring (bicyclic) bond motifs is 1. The van der Waals surface area contributed by atoms with Gasteiger partial charge in [0.15, 0.2) is 0 Å². The van der Waals surface area contributed by atoms with Gasteiger partial charge in [-0.15, -0.1) is 11.3 Å². The molecule has 1 N–H and O–H groups in total. The van der Waals surface area contributed by atoms with Gasteiger partial charge in [0, 0.05) is 10.6 Å². The van der Waals surface area contributed by atoms with Crippen molar-refractivity contribution in [2.24, 2.45) is 0 Å². The molecule has 0 spiro atoms. The van der Waals surface area contributed by atoms with Gasteiger partial charge < -0.3 is 5.32 Å². The first-order valence-electron chi connectivity index (χ1n) is 6.51. The van der Waals surface area contributed by atoms with Gasteiger partial charge in [0.1, 0.15) is 17.0 Å². The second-order valence-corrected chi connectivity index (χ2v) is 6.09. The van der Waals surface area contributed by atoms with Crippen LogP contribution >= 0.6 is 11.3 Å². The molecule has 114 valence electrons. The number of rotatable bonds is 2. The average Bonchev–Trinajstić information content (AvgIpc) is 2.75. The molecule has 0 bridgehead atoms. The predicted octanol–water partition coefficient (Wildman–Crippen LogP) is 5.07. The van der Waals surface area contributed by atoms with Crippen molar-refractivity contribution in [2.75, 3.05) is 5.32 Å². The Morgan fingerprint density at radius 2 is 1.73 bits per heavy atom. The minimum absolute atomic E-state index is 0.552. The van der Waals surface area contributed by atoms with Crippen molar-refractivity contribution in [2.45, 2.75) is 20.0 Å². The first kappa shape index (κ1) is 14.8. The number of aryl methyl sites for hydroxylation is 2. The second-order valence-electron chi connectivity index (χ2n) is 4.89. The lowest BCUT2D eigenvalue weighted by atomic mass is 10.2. The van der Waals surface area contributed by atoms with Crippen LogP contribution in [0.5, 0.6) is 0 Å². The van der Waals surface area contributed by atoms with Crippen molar-refractivity contribution in [3.8, 4) is 0 Å². The quantitative estimate of drug-likeness (QED) is 0.715. The van der Waals surface area contributed by atoms with Gasteiger partial charge in [0.25, 0.3) is 0 Å². The maximum Gasteiger partial charge on any atom is 0.416 e. The van der Waals surface area contributed by atoms with Crippen LogP contribution in [-0.2, 0) is 6.18 Å². The lowest BCUT2D eigenvalue weighted by Gasteiger charge is -2.10. The molecule has 0 aliphatic carbocycles. The number of alkyl halides is 3. The molecule has 0 fully saturated rings. The molecule has 0 amide bonds. The molecule has 3 aromatic rings. The lowest BCUT2D eigenvalue weighted by molar-refractivity contribution is -0.137. The van der Waals surface area contributed by atoms with E-state index in [1.165, 1.54) is 18.5 Å². The zero-order valence-corrected chi connectivity index (χ0v) is 12.6. The molecule has 22 heavy (non-hydrogen) atoms. The number of nitrogens with one attached hydrogen (secondary N) is 1. The summed E-state index contributed by atoms with van der Waals surface area (Å²) in [6, 6.07) is 4.88. The average molecular weight is 323 g/mol. The van der Waals surface area contributed by atoms with Gasteiger partial charge in [-0.25, -0.2) is 9.97 Å². The zero-order chi connectivity index (χ0) is 15.9. The van der Waals surface area contributed by atoms with Crippen LogP contribution in [0.25, 0.3) is 10.2 Å². The van der Waals surface area contributed by atoms with Crippen LogP contribution in [0.15, 0.2) is 30.6 Å². The molecule has 0 saturated carbocycles. The number of anilines is 2. The third-order valence-electron chi connectivity index (χ3n) is 3.44. The highest BCUT2D eigenvalue weighted by Gasteiger charge is 2.29. The van der Waals surface area contributed by atoms with Gasteiger partial charge in [0.05, 0.1) is 10.9 Å². The third kappa shape index (κ3) is 2.64. The smallest absolute Gasteiger partial charge is 0.340 e. The summed E-state index contributed by atoms with van der Waals surface area (Å²) in [6.45, 7) is 3.99. The van der Waals surface area contributed by atoms with Gasteiger partial charge >= 0.3 is 6.18 Å². The van der Waals surface area contributed by atoms with Crippen LogP contribution in [0.3, 0.4) is 0 Å². The standard InChI is InChI=1S/C15H12F3N3S/c1-8-9(2)22-14-12(8)13(19-7-20-14)21-11-5-3-10(4-6-11)15(16,17)18/h3-7H,1-2H3,(H,19,20,21). The van der Waals surface area contributed by atoms with E-state index in [4.69, 9.17) is 0 Å². The minimum atomic E-state index is -4.33. The number of nitrogens with zero attached hydrogens (tertiary/aromatic N) is 2. The maximum atomic E-state index is 12.6. The van der Waals surface area contributed by atoms with Crippen LogP contribution in [0.2, 0.25) is 0 Å². The number of thiophene rings is 1. The Morgan fingerprint density at radius 1 is 1.05 bits per heavy atom. The molecule has 0 aliphatic rings. The number of hydrogen-bond acceptors (Lipinski definition) is 4. The van der Waals surface area contributed by atoms with E-state index in [1.54, 1.807) is 11.3 Å². The Hall–Kier alpha value is -2.15. The number of benzene rings is 1. The topological polar surface area (TPSA) is 37.8 Å². The SMILES string of the molecule is Cc1sc2ncnc(Nc3ccc(C(F)(F)F)cc3)c2c1C. The summed E-state index contributed by atoms with van der Waals surface area (Å²) in [5, 5.41) is 3.98. The van der Waals surface area contributed by atoms with Gasteiger partial charge in [-0.05, 0) is 43.7 Å². The number of hydrogen-bond donors (Lipinski definition) is 1. The van der Waals surface area contributed by atoms with Crippen molar-refractivity contribution in [3.63, 3.8) is 0 Å². The van der Waals surface area contributed by atoms with E-state index in [-0.39, 0.29) is 0 Å². The van der Waals surface area contributed by atoms with Crippen LogP contribution in [0, 0.1) is 13.8 Å². The van der Waals surface area contributed by atoms with Gasteiger partial charge in [-0.1, -0.05) is 0 Å². The summed E-state index contributed by atoms with van der Waals surface area (Å²) in [6.07, 6.45) is -2.88. The monoisotopic (exact) mass is 323 g/mol. The largest absolute Gasteiger partial charge is 0.416 e. The molecule has 1 aromatic carbocycles. The summed E-state index contributed by atoms with van der Waals surface area (Å²) in [5.41, 5.74) is 0.958. The lowest BCUT2D eigenvalue weighted by Crippen LogP contribution is -2.04. The summed E-state index contributed by atoms with van der Waals surface area (Å²) < 4.78 is 37.7. The first-order chi connectivity index (χ1) is 10.4. The molecule has 0 atom stereocenters. The van der Waals surface area contributed by atoms with E-state index in [2.05, 4.69) is 15.3 Å². The van der Waals surface area contributed by atoms with Crippen LogP contribution in [0.4, 0.5) is 24.7 Å². The number of halogens is 3. The van der Waals surface area contributed by atoms with E-state index in [0.29, 0.717) is 11.5 Å². The van der Waals surface area contributed by atoms with Gasteiger partial charge in [0.2, 0.25) is 0 Å². The molecule has 0 unspecified atom stereocenters. The predicted molar refractivity (Wildman–Crippen MR) is 81.6 cm³/mol. The fourth-order valence-electron chi connectivity index (χ4n) is 2.16. The molecule has 0 aliphatic heterocycles. The van der Waals surface area contributed by atoms with Crippen molar-refractivity contribution in [1.82, 2.24) is 9.97 Å². The Kier molecular flexibility index (Phi) is 3.52. The summed E-state index contributed by atoms with van der Waals surface area (Å²) in [5.74, 6) is 0.603. The molecular formula is C15H12F3N3S. The van der Waals surface area contributed by atoms with E-state index >= 15 is 0 Å². The fourth-order valence-corrected chi connectivity index (χ4v) is 3.15. The number of aromatic nitrogens is 2. The van der Waals surface area contributed by atoms with Crippen LogP contribution < -0.4 is 5.32 Å². The highest BCUT2D eigenvalue weighted by Crippen LogP contribution is 2.34. The van der Waals surface area contributed by atoms with Crippen LogP contribution in [0.1, 0.15) is 16.0 Å². The minimum Gasteiger partial charge on any atom is -0.340 e. The highest BCUT2D eigenvalue weighted by atomic mass is 32.1. The Bertz CT molecular complexity index is 822. The van der Waals surface area contributed by atoms with E-state index in [9.17, 15) is 13.2 Å². The Labute approximate surface area is 128 Å². The molecule has 3 nitrogen and oxygen atoms in total. The highest BCUT2D eigenvalue weighted by molar-refractivity contribution is 7.18. The van der Waals surface area contributed by atoms with Crippen molar-refractivity contribution >= 4 is 33.1 Å². The molecule has 0 radical (unpaired) electrons. The molecular weight excluding hydrogens is 311 g/mol. The Morgan fingerprint density at radius 3 is 2.36 bits per heavy atom. The van der Waals surface area contributed by atoms with Gasteiger partial charge in [-0.2, -0.15) is 13.2 Å². The normalized spacial score (nSPS) is 11.9. The fraction of sp³-hybridized carbons (Fsp3) is 0.200. The van der Waals surface area contributed by atoms with E-state index < -0.39 is 11.7 Å². The zero-order valence-electron chi connectivity index (χ0n) is 11.8. The molecule has 3 rings (SSSR count). The summed E-state index contributed by atoms with van der Waals surface area (Å²) >= 11 is 1.57. The Balaban J connectivity index is 1.97. The summed E-state index contributed by atoms with van der Waals surface area (Å²) in [4.78, 5) is 10.4. The van der Waals surface area contributed by atoms with Crippen molar-refractivity contribution in [1.29, 1.82) is 0 Å². The van der Waals surface area contributed by atoms with Crippen molar-refractivity contribution < 1.29 is 13.2 Å². The van der Waals surface area contributed by atoms with Crippen molar-refractivity contribution in [3.05, 3.63) is 46.6 Å². The van der Waals surface area contributed by atoms with E-state index in [1.807, 2.05) is 13.8 Å². The van der Waals surface area contributed by atoms with Crippen LogP contribution in [-0.4, -0.2) is 9.97 Å². The third-order valence-corrected chi connectivity index (χ3v) is 4.56. The first-order valence-corrected chi connectivity index (χ1v) is 7.33. The van der Waals surface area contributed by atoms with Gasteiger partial charge in [-0.3, -0.25) is 0 Å². The molecule has 2 aromatic heterocycles. The molecule has 0 saturated heterocycles. The molecule has 7 heteroatoms. The second kappa shape index (κ2) is 5.24. The summed E-state index contributed by atoms with van der Waals surface area (Å²) in [7, 11) is 0. The molecule has 2 heterocycles.